The second kappa shape index (κ2) is 7.00. The van der Waals surface area contributed by atoms with Crippen molar-refractivity contribution in [3.05, 3.63) is 95.6 Å². The largest absolute Gasteiger partial charge is 0.268 e. The molecule has 26 heavy (non-hydrogen) atoms. The molecule has 4 nitrogen and oxygen atoms in total. The molecule has 0 radical (unpaired) electrons. The first-order valence-corrected chi connectivity index (χ1v) is 8.82. The first-order valence-electron chi connectivity index (χ1n) is 8.82. The van der Waals surface area contributed by atoms with Gasteiger partial charge in [-0.05, 0) is 25.0 Å². The van der Waals surface area contributed by atoms with Gasteiger partial charge in [-0.15, -0.1) is 0 Å². The highest BCUT2D eigenvalue weighted by molar-refractivity contribution is 5.59. The minimum absolute atomic E-state index is 0.776. The van der Waals surface area contributed by atoms with Crippen LogP contribution >= 0.6 is 0 Å². The highest BCUT2D eigenvalue weighted by atomic mass is 15.3. The molecule has 4 rings (SSSR count). The molecule has 0 bridgehead atoms. The topological polar surface area (TPSA) is 35.6 Å². The summed E-state index contributed by atoms with van der Waals surface area (Å²) in [5.41, 5.74) is 7.23. The molecule has 4 aromatic rings. The molecular weight excluding hydrogens is 320 g/mol. The SMILES string of the molecule is Cc1ccc(Cn2cc(-c3cnn(Cc4ccc(C)cc4)c3)cn2)cc1. The molecule has 0 saturated heterocycles. The summed E-state index contributed by atoms with van der Waals surface area (Å²) in [6, 6.07) is 17.1. The van der Waals surface area contributed by atoms with Crippen molar-refractivity contribution in [1.82, 2.24) is 19.6 Å². The Labute approximate surface area is 153 Å². The fraction of sp³-hybridized carbons (Fsp3) is 0.182. The van der Waals surface area contributed by atoms with Gasteiger partial charge in [-0.25, -0.2) is 0 Å². The van der Waals surface area contributed by atoms with Crippen molar-refractivity contribution in [3.8, 4) is 11.1 Å². The number of nitrogens with zero attached hydrogens (tertiary/aromatic N) is 4. The smallest absolute Gasteiger partial charge is 0.0659 e. The number of aryl methyl sites for hydroxylation is 2. The Kier molecular flexibility index (Phi) is 4.40. The van der Waals surface area contributed by atoms with E-state index in [1.807, 2.05) is 21.8 Å². The monoisotopic (exact) mass is 342 g/mol. The van der Waals surface area contributed by atoms with Crippen LogP contribution in [0.2, 0.25) is 0 Å². The van der Waals surface area contributed by atoms with E-state index in [1.54, 1.807) is 0 Å². The van der Waals surface area contributed by atoms with E-state index in [4.69, 9.17) is 0 Å². The zero-order valence-corrected chi connectivity index (χ0v) is 15.1. The van der Waals surface area contributed by atoms with Gasteiger partial charge in [0.05, 0.1) is 25.5 Å². The summed E-state index contributed by atoms with van der Waals surface area (Å²) in [7, 11) is 0. The molecule has 130 valence electrons. The van der Waals surface area contributed by atoms with E-state index in [9.17, 15) is 0 Å². The van der Waals surface area contributed by atoms with E-state index in [1.165, 1.54) is 22.3 Å². The number of benzene rings is 2. The maximum atomic E-state index is 4.49. The van der Waals surface area contributed by atoms with Gasteiger partial charge >= 0.3 is 0 Å². The summed E-state index contributed by atoms with van der Waals surface area (Å²) < 4.78 is 3.94. The highest BCUT2D eigenvalue weighted by Gasteiger charge is 2.06. The third-order valence-electron chi connectivity index (χ3n) is 4.53. The zero-order valence-electron chi connectivity index (χ0n) is 15.1. The van der Waals surface area contributed by atoms with Gasteiger partial charge in [-0.3, -0.25) is 9.36 Å². The van der Waals surface area contributed by atoms with Crippen molar-refractivity contribution in [1.29, 1.82) is 0 Å². The summed E-state index contributed by atoms with van der Waals surface area (Å²) in [5, 5.41) is 8.99. The van der Waals surface area contributed by atoms with Crippen molar-refractivity contribution in [2.24, 2.45) is 0 Å². The van der Waals surface area contributed by atoms with Gasteiger partial charge in [0, 0.05) is 23.5 Å². The molecular formula is C22H22N4. The van der Waals surface area contributed by atoms with E-state index in [2.05, 4.69) is 85.0 Å². The second-order valence-corrected chi connectivity index (χ2v) is 6.82. The maximum Gasteiger partial charge on any atom is 0.0659 e. The fourth-order valence-electron chi connectivity index (χ4n) is 2.96. The molecule has 0 aliphatic carbocycles. The van der Waals surface area contributed by atoms with Crippen molar-refractivity contribution in [2.75, 3.05) is 0 Å². The number of hydrogen-bond donors (Lipinski definition) is 0. The molecule has 2 heterocycles. The summed E-state index contributed by atoms with van der Waals surface area (Å²) in [6.45, 7) is 5.75. The molecule has 0 aliphatic heterocycles. The summed E-state index contributed by atoms with van der Waals surface area (Å²) in [5.74, 6) is 0. The molecule has 2 aromatic heterocycles. The normalized spacial score (nSPS) is 11.0. The van der Waals surface area contributed by atoms with E-state index >= 15 is 0 Å². The standard InChI is InChI=1S/C22H22N4/c1-17-3-7-19(8-4-17)13-25-15-21(11-23-25)22-12-24-26(16-22)14-20-9-5-18(2)6-10-20/h3-12,15-16H,13-14H2,1-2H3. The number of hydrogen-bond acceptors (Lipinski definition) is 2. The Morgan fingerprint density at radius 1 is 0.615 bits per heavy atom. The first kappa shape index (κ1) is 16.3. The van der Waals surface area contributed by atoms with Crippen LogP contribution in [0.15, 0.2) is 73.3 Å². The van der Waals surface area contributed by atoms with E-state index in [-0.39, 0.29) is 0 Å². The molecule has 0 atom stereocenters. The summed E-state index contributed by atoms with van der Waals surface area (Å²) >= 11 is 0. The maximum absolute atomic E-state index is 4.49. The van der Waals surface area contributed by atoms with Gasteiger partial charge in [0.2, 0.25) is 0 Å². The highest BCUT2D eigenvalue weighted by Crippen LogP contribution is 2.19. The number of rotatable bonds is 5. The van der Waals surface area contributed by atoms with Crippen LogP contribution in [-0.4, -0.2) is 19.6 Å². The van der Waals surface area contributed by atoms with Crippen molar-refractivity contribution in [2.45, 2.75) is 26.9 Å². The third-order valence-corrected chi connectivity index (χ3v) is 4.53. The lowest BCUT2D eigenvalue weighted by atomic mass is 10.1. The van der Waals surface area contributed by atoms with Crippen LogP contribution in [0.5, 0.6) is 0 Å². The Morgan fingerprint density at radius 2 is 1.00 bits per heavy atom. The van der Waals surface area contributed by atoms with E-state index in [0.717, 1.165) is 24.2 Å². The zero-order chi connectivity index (χ0) is 17.9. The molecule has 0 saturated carbocycles. The molecule has 0 amide bonds. The lowest BCUT2D eigenvalue weighted by Gasteiger charge is -2.02. The lowest BCUT2D eigenvalue weighted by Crippen LogP contribution is -1.99. The third kappa shape index (κ3) is 3.75. The minimum atomic E-state index is 0.776. The Bertz CT molecular complexity index is 908. The van der Waals surface area contributed by atoms with Crippen molar-refractivity contribution >= 4 is 0 Å². The van der Waals surface area contributed by atoms with Gasteiger partial charge in [0.15, 0.2) is 0 Å². The van der Waals surface area contributed by atoms with Gasteiger partial charge in [0.25, 0.3) is 0 Å². The van der Waals surface area contributed by atoms with Gasteiger partial charge in [0.1, 0.15) is 0 Å². The van der Waals surface area contributed by atoms with Gasteiger partial charge in [-0.1, -0.05) is 59.7 Å². The minimum Gasteiger partial charge on any atom is -0.268 e. The predicted octanol–water partition coefficient (Wildman–Crippen LogP) is 4.46. The predicted molar refractivity (Wildman–Crippen MR) is 104 cm³/mol. The molecule has 2 aromatic carbocycles. The number of aromatic nitrogens is 4. The molecule has 0 fully saturated rings. The summed E-state index contributed by atoms with van der Waals surface area (Å²) in [4.78, 5) is 0. The van der Waals surface area contributed by atoms with Crippen molar-refractivity contribution in [3.63, 3.8) is 0 Å². The molecule has 0 aliphatic rings. The van der Waals surface area contributed by atoms with E-state index in [0.29, 0.717) is 0 Å². The average molecular weight is 342 g/mol. The van der Waals surface area contributed by atoms with Crippen LogP contribution in [-0.2, 0) is 13.1 Å². The average Bonchev–Trinajstić information content (AvgIpc) is 3.28. The fourth-order valence-corrected chi connectivity index (χ4v) is 2.96. The molecule has 0 spiro atoms. The van der Waals surface area contributed by atoms with Crippen LogP contribution in [0.3, 0.4) is 0 Å². The Hall–Kier alpha value is -3.14. The Morgan fingerprint density at radius 3 is 1.38 bits per heavy atom. The van der Waals surface area contributed by atoms with Crippen LogP contribution in [0.1, 0.15) is 22.3 Å². The molecule has 0 unspecified atom stereocenters. The van der Waals surface area contributed by atoms with Crippen LogP contribution in [0.4, 0.5) is 0 Å². The summed E-state index contributed by atoms with van der Waals surface area (Å²) in [6.07, 6.45) is 7.96. The van der Waals surface area contributed by atoms with Crippen LogP contribution in [0.25, 0.3) is 11.1 Å². The Balaban J connectivity index is 1.46. The lowest BCUT2D eigenvalue weighted by molar-refractivity contribution is 0.686. The van der Waals surface area contributed by atoms with Gasteiger partial charge in [-0.2, -0.15) is 10.2 Å². The van der Waals surface area contributed by atoms with Crippen LogP contribution in [0, 0.1) is 13.8 Å². The van der Waals surface area contributed by atoms with Crippen molar-refractivity contribution < 1.29 is 0 Å². The van der Waals surface area contributed by atoms with Gasteiger partial charge < -0.3 is 0 Å². The second-order valence-electron chi connectivity index (χ2n) is 6.82. The molecule has 4 heteroatoms. The quantitative estimate of drug-likeness (QED) is 0.537. The first-order chi connectivity index (χ1) is 12.7. The molecule has 0 N–H and O–H groups in total. The van der Waals surface area contributed by atoms with E-state index < -0.39 is 0 Å². The van der Waals surface area contributed by atoms with Crippen LogP contribution < -0.4 is 0 Å².